The number of nitrogens with one attached hydrogen (secondary N) is 1. The topological polar surface area (TPSA) is 90.5 Å². The van der Waals surface area contributed by atoms with Crippen LogP contribution in [0, 0.1) is 0 Å². The Balaban J connectivity index is 1.47. The molecule has 1 amide bonds. The number of carbonyl (C=O) groups excluding carboxylic acids is 1. The van der Waals surface area contributed by atoms with E-state index in [1.165, 1.54) is 6.08 Å². The third kappa shape index (κ3) is 4.33. The van der Waals surface area contributed by atoms with Crippen LogP contribution in [0.3, 0.4) is 0 Å². The van der Waals surface area contributed by atoms with Crippen LogP contribution in [0.5, 0.6) is 0 Å². The van der Waals surface area contributed by atoms with Gasteiger partial charge in [0.25, 0.3) is 0 Å². The molecule has 1 N–H and O–H groups in total. The van der Waals surface area contributed by atoms with Gasteiger partial charge in [0.1, 0.15) is 0 Å². The first-order valence-electron chi connectivity index (χ1n) is 9.47. The maximum Gasteiger partial charge on any atom is 0.243 e. The molecule has 3 aromatic heterocycles. The predicted molar refractivity (Wildman–Crippen MR) is 114 cm³/mol. The summed E-state index contributed by atoms with van der Waals surface area (Å²) >= 11 is 0. The van der Waals surface area contributed by atoms with Gasteiger partial charge in [0.05, 0.1) is 18.9 Å². The van der Waals surface area contributed by atoms with E-state index in [1.807, 2.05) is 43.8 Å². The summed E-state index contributed by atoms with van der Waals surface area (Å²) in [6, 6.07) is 8.08. The lowest BCUT2D eigenvalue weighted by Gasteiger charge is -2.04. The highest BCUT2D eigenvalue weighted by Gasteiger charge is 2.08. The molecule has 0 unspecified atom stereocenters. The molecule has 0 aliphatic rings. The van der Waals surface area contributed by atoms with Gasteiger partial charge in [-0.15, -0.1) is 0 Å². The molecular weight excluding hydrogens is 378 g/mol. The molecule has 0 aliphatic heterocycles. The van der Waals surface area contributed by atoms with Gasteiger partial charge in [0, 0.05) is 60.6 Å². The van der Waals surface area contributed by atoms with E-state index in [1.54, 1.807) is 28.0 Å². The van der Waals surface area contributed by atoms with Crippen molar-refractivity contribution in [3.63, 3.8) is 0 Å². The average molecular weight is 399 g/mol. The first kappa shape index (κ1) is 19.3. The first-order valence-corrected chi connectivity index (χ1v) is 9.47. The van der Waals surface area contributed by atoms with E-state index in [2.05, 4.69) is 38.1 Å². The Morgan fingerprint density at radius 1 is 1.00 bits per heavy atom. The molecule has 0 atom stereocenters. The van der Waals surface area contributed by atoms with Gasteiger partial charge in [-0.2, -0.15) is 10.2 Å². The van der Waals surface area contributed by atoms with E-state index in [0.717, 1.165) is 27.8 Å². The highest BCUT2D eigenvalue weighted by molar-refractivity contribution is 5.86. The zero-order valence-electron chi connectivity index (χ0n) is 16.6. The molecule has 0 saturated carbocycles. The van der Waals surface area contributed by atoms with E-state index in [4.69, 9.17) is 0 Å². The van der Waals surface area contributed by atoms with Crippen LogP contribution >= 0.6 is 0 Å². The normalized spacial score (nSPS) is 10.7. The molecule has 0 bridgehead atoms. The number of benzene rings is 1. The first-order chi connectivity index (χ1) is 14.6. The molecule has 0 fully saturated rings. The van der Waals surface area contributed by atoms with Crippen molar-refractivity contribution in [2.24, 2.45) is 7.05 Å². The molecule has 0 saturated heterocycles. The monoisotopic (exact) mass is 399 g/mol. The van der Waals surface area contributed by atoms with Gasteiger partial charge in [0.15, 0.2) is 5.82 Å². The number of amides is 1. The lowest BCUT2D eigenvalue weighted by molar-refractivity contribution is -0.116. The number of hydrogen-bond acceptors (Lipinski definition) is 5. The molecule has 8 heteroatoms. The molecule has 150 valence electrons. The molecule has 0 spiro atoms. The average Bonchev–Trinajstić information content (AvgIpc) is 3.43. The Morgan fingerprint density at radius 3 is 2.47 bits per heavy atom. The van der Waals surface area contributed by atoms with Crippen molar-refractivity contribution >= 4 is 5.91 Å². The fourth-order valence-electron chi connectivity index (χ4n) is 3.04. The maximum absolute atomic E-state index is 11.2. The lowest BCUT2D eigenvalue weighted by atomic mass is 10.1. The highest BCUT2D eigenvalue weighted by atomic mass is 16.1. The van der Waals surface area contributed by atoms with Gasteiger partial charge in [-0.05, 0) is 17.7 Å². The van der Waals surface area contributed by atoms with Gasteiger partial charge in [-0.3, -0.25) is 14.2 Å². The third-order valence-electron chi connectivity index (χ3n) is 4.60. The molecule has 4 rings (SSSR count). The molecule has 4 aromatic rings. The van der Waals surface area contributed by atoms with Crippen LogP contribution in [0.4, 0.5) is 0 Å². The van der Waals surface area contributed by atoms with Gasteiger partial charge in [0.2, 0.25) is 5.91 Å². The van der Waals surface area contributed by atoms with Crippen LogP contribution in [0.15, 0.2) is 74.1 Å². The van der Waals surface area contributed by atoms with Gasteiger partial charge < -0.3 is 5.32 Å². The van der Waals surface area contributed by atoms with Crippen LogP contribution < -0.4 is 5.32 Å². The number of aryl methyl sites for hydroxylation is 1. The third-order valence-corrected chi connectivity index (χ3v) is 4.60. The molecule has 0 radical (unpaired) electrons. The zero-order valence-corrected chi connectivity index (χ0v) is 16.6. The summed E-state index contributed by atoms with van der Waals surface area (Å²) in [6.45, 7) is 4.48. The summed E-state index contributed by atoms with van der Waals surface area (Å²) in [4.78, 5) is 20.3. The molecule has 30 heavy (non-hydrogen) atoms. The Morgan fingerprint density at radius 2 is 1.73 bits per heavy atom. The molecule has 3 heterocycles. The van der Waals surface area contributed by atoms with Gasteiger partial charge in [-0.25, -0.2) is 9.97 Å². The summed E-state index contributed by atoms with van der Waals surface area (Å²) in [5.74, 6) is 0.461. The Hall–Kier alpha value is -4.07. The summed E-state index contributed by atoms with van der Waals surface area (Å²) < 4.78 is 3.55. The standard InChI is InChI=1S/C22H21N7O/c1-3-21(30)23-7-8-29-15-20(13-27-29)18-10-24-22(25-11-18)17-6-4-5-16(9-17)19-12-26-28(2)14-19/h3-6,9-15H,1,7-8H2,2H3,(H,23,30). The van der Waals surface area contributed by atoms with Crippen molar-refractivity contribution in [2.45, 2.75) is 6.54 Å². The minimum absolute atomic E-state index is 0.195. The predicted octanol–water partition coefficient (Wildman–Crippen LogP) is 2.71. The quantitative estimate of drug-likeness (QED) is 0.483. The number of carbonyl (C=O) groups is 1. The molecule has 1 aromatic carbocycles. The second kappa shape index (κ2) is 8.52. The Labute approximate surface area is 173 Å². The number of hydrogen-bond donors (Lipinski definition) is 1. The van der Waals surface area contributed by atoms with Crippen LogP contribution in [0.2, 0.25) is 0 Å². The van der Waals surface area contributed by atoms with E-state index in [9.17, 15) is 4.79 Å². The van der Waals surface area contributed by atoms with Gasteiger partial charge in [-0.1, -0.05) is 24.8 Å². The van der Waals surface area contributed by atoms with E-state index in [-0.39, 0.29) is 5.91 Å². The van der Waals surface area contributed by atoms with Crippen molar-refractivity contribution in [1.29, 1.82) is 0 Å². The number of aromatic nitrogens is 6. The van der Waals surface area contributed by atoms with Crippen LogP contribution in [-0.2, 0) is 18.4 Å². The van der Waals surface area contributed by atoms with Crippen LogP contribution in [-0.4, -0.2) is 42.0 Å². The van der Waals surface area contributed by atoms with Crippen molar-refractivity contribution < 1.29 is 4.79 Å². The smallest absolute Gasteiger partial charge is 0.243 e. The maximum atomic E-state index is 11.2. The van der Waals surface area contributed by atoms with Crippen molar-refractivity contribution in [2.75, 3.05) is 6.54 Å². The van der Waals surface area contributed by atoms with E-state index < -0.39 is 0 Å². The fraction of sp³-hybridized carbons (Fsp3) is 0.136. The fourth-order valence-corrected chi connectivity index (χ4v) is 3.04. The van der Waals surface area contributed by atoms with E-state index >= 15 is 0 Å². The molecule has 0 aliphatic carbocycles. The van der Waals surface area contributed by atoms with Crippen molar-refractivity contribution in [3.05, 3.63) is 74.1 Å². The second-order valence-electron chi connectivity index (χ2n) is 6.77. The second-order valence-corrected chi connectivity index (χ2v) is 6.77. The largest absolute Gasteiger partial charge is 0.351 e. The summed E-state index contributed by atoms with van der Waals surface area (Å²) in [7, 11) is 1.90. The SMILES string of the molecule is C=CC(=O)NCCn1cc(-c2cnc(-c3cccc(-c4cnn(C)c4)c3)nc2)cn1. The Kier molecular flexibility index (Phi) is 5.47. The minimum Gasteiger partial charge on any atom is -0.351 e. The van der Waals surface area contributed by atoms with Gasteiger partial charge >= 0.3 is 0 Å². The van der Waals surface area contributed by atoms with Crippen LogP contribution in [0.1, 0.15) is 0 Å². The Bertz CT molecular complexity index is 1170. The highest BCUT2D eigenvalue weighted by Crippen LogP contribution is 2.25. The molecular formula is C22H21N7O. The molecule has 8 nitrogen and oxygen atoms in total. The minimum atomic E-state index is -0.195. The summed E-state index contributed by atoms with van der Waals surface area (Å²) in [6.07, 6.45) is 12.3. The summed E-state index contributed by atoms with van der Waals surface area (Å²) in [5, 5.41) is 11.3. The van der Waals surface area contributed by atoms with Crippen molar-refractivity contribution in [1.82, 2.24) is 34.8 Å². The number of nitrogens with zero attached hydrogens (tertiary/aromatic N) is 6. The van der Waals surface area contributed by atoms with Crippen molar-refractivity contribution in [3.8, 4) is 33.6 Å². The number of rotatable bonds is 7. The lowest BCUT2D eigenvalue weighted by Crippen LogP contribution is -2.25. The van der Waals surface area contributed by atoms with Crippen LogP contribution in [0.25, 0.3) is 33.6 Å². The zero-order chi connectivity index (χ0) is 20.9. The van der Waals surface area contributed by atoms with E-state index in [0.29, 0.717) is 18.9 Å². The summed E-state index contributed by atoms with van der Waals surface area (Å²) in [5.41, 5.74) is 4.85.